The van der Waals surface area contributed by atoms with Crippen LogP contribution in [0.2, 0.25) is 0 Å². The molecular formula is C21H22F3N3O2. The number of pyridine rings is 1. The molecule has 2 aliphatic rings. The molecule has 1 aliphatic carbocycles. The highest BCUT2D eigenvalue weighted by molar-refractivity contribution is 5.97. The zero-order valence-electron chi connectivity index (χ0n) is 16.0. The third-order valence-corrected chi connectivity index (χ3v) is 5.56. The fraction of sp³-hybridized carbons (Fsp3) is 0.476. The molecule has 1 aromatic heterocycles. The van der Waals surface area contributed by atoms with Crippen molar-refractivity contribution in [2.45, 2.75) is 57.2 Å². The van der Waals surface area contributed by atoms with Gasteiger partial charge in [-0.25, -0.2) is 4.98 Å². The van der Waals surface area contributed by atoms with E-state index in [4.69, 9.17) is 0 Å². The Balaban J connectivity index is 1.64. The fourth-order valence-corrected chi connectivity index (χ4v) is 3.84. The Morgan fingerprint density at radius 2 is 2.00 bits per heavy atom. The zero-order valence-corrected chi connectivity index (χ0v) is 16.0. The summed E-state index contributed by atoms with van der Waals surface area (Å²) in [6.07, 6.45) is -0.791. The largest absolute Gasteiger partial charge is 0.418 e. The maximum absolute atomic E-state index is 13.7. The van der Waals surface area contributed by atoms with Crippen molar-refractivity contribution in [3.8, 4) is 0 Å². The summed E-state index contributed by atoms with van der Waals surface area (Å²) in [6, 6.07) is 4.29. The number of nitrogens with one attached hydrogen (secondary N) is 2. The molecule has 1 atom stereocenters. The Hall–Kier alpha value is -2.64. The van der Waals surface area contributed by atoms with E-state index in [0.717, 1.165) is 25.7 Å². The number of rotatable bonds is 4. The lowest BCUT2D eigenvalue weighted by Gasteiger charge is -2.23. The number of hydrogen-bond donors (Lipinski definition) is 2. The van der Waals surface area contributed by atoms with Crippen LogP contribution in [0, 0.1) is 6.92 Å². The highest BCUT2D eigenvalue weighted by Gasteiger charge is 2.36. The molecule has 1 saturated heterocycles. The van der Waals surface area contributed by atoms with Gasteiger partial charge in [0, 0.05) is 24.4 Å². The first-order valence-electron chi connectivity index (χ1n) is 9.82. The third-order valence-electron chi connectivity index (χ3n) is 5.56. The fourth-order valence-electron chi connectivity index (χ4n) is 3.84. The lowest BCUT2D eigenvalue weighted by Crippen LogP contribution is -2.46. The van der Waals surface area contributed by atoms with E-state index in [1.54, 1.807) is 13.0 Å². The SMILES string of the molecule is Cc1cc(C(=O)NCC2CCCC(=O)N2)nc2c(C(F)(F)F)cc(C3CC3)cc12. The molecule has 154 valence electrons. The molecule has 29 heavy (non-hydrogen) atoms. The molecule has 0 spiro atoms. The minimum atomic E-state index is -4.55. The van der Waals surface area contributed by atoms with Gasteiger partial charge < -0.3 is 10.6 Å². The van der Waals surface area contributed by atoms with Gasteiger partial charge in [-0.15, -0.1) is 0 Å². The molecule has 1 aromatic carbocycles. The van der Waals surface area contributed by atoms with E-state index in [1.807, 2.05) is 0 Å². The van der Waals surface area contributed by atoms with Crippen LogP contribution in [-0.2, 0) is 11.0 Å². The van der Waals surface area contributed by atoms with Crippen molar-refractivity contribution < 1.29 is 22.8 Å². The Morgan fingerprint density at radius 3 is 2.66 bits per heavy atom. The van der Waals surface area contributed by atoms with Crippen LogP contribution < -0.4 is 10.6 Å². The van der Waals surface area contributed by atoms with Crippen molar-refractivity contribution in [1.29, 1.82) is 0 Å². The van der Waals surface area contributed by atoms with Crippen molar-refractivity contribution in [1.82, 2.24) is 15.6 Å². The molecule has 2 N–H and O–H groups in total. The molecule has 0 bridgehead atoms. The summed E-state index contributed by atoms with van der Waals surface area (Å²) in [5.41, 5.74) is 0.216. The van der Waals surface area contributed by atoms with E-state index in [2.05, 4.69) is 15.6 Å². The van der Waals surface area contributed by atoms with E-state index in [0.29, 0.717) is 22.9 Å². The van der Waals surface area contributed by atoms with Crippen molar-refractivity contribution in [3.05, 3.63) is 40.6 Å². The van der Waals surface area contributed by atoms with Crippen LogP contribution in [0.15, 0.2) is 18.2 Å². The molecular weight excluding hydrogens is 383 g/mol. The molecule has 1 unspecified atom stereocenters. The van der Waals surface area contributed by atoms with E-state index in [-0.39, 0.29) is 35.6 Å². The Bertz CT molecular complexity index is 983. The average molecular weight is 405 g/mol. The summed E-state index contributed by atoms with van der Waals surface area (Å²) in [6.45, 7) is 1.91. The Morgan fingerprint density at radius 1 is 1.24 bits per heavy atom. The van der Waals surface area contributed by atoms with E-state index < -0.39 is 17.6 Å². The zero-order chi connectivity index (χ0) is 20.8. The standard InChI is InChI=1S/C21H22F3N3O2/c1-11-7-17(20(29)25-10-14-3-2-4-18(28)26-14)27-19-15(11)8-13(12-5-6-12)9-16(19)21(22,23)24/h7-9,12,14H,2-6,10H2,1H3,(H,25,29)(H,26,28). The first-order valence-corrected chi connectivity index (χ1v) is 9.82. The minimum Gasteiger partial charge on any atom is -0.352 e. The number of hydrogen-bond acceptors (Lipinski definition) is 3. The molecule has 1 saturated carbocycles. The first kappa shape index (κ1) is 19.7. The van der Waals surface area contributed by atoms with Crippen LogP contribution in [0.25, 0.3) is 10.9 Å². The molecule has 0 radical (unpaired) electrons. The molecule has 2 fully saturated rings. The van der Waals surface area contributed by atoms with Crippen molar-refractivity contribution in [2.75, 3.05) is 6.54 Å². The average Bonchev–Trinajstić information content (AvgIpc) is 3.50. The molecule has 8 heteroatoms. The van der Waals surface area contributed by atoms with Gasteiger partial charge >= 0.3 is 6.18 Å². The number of piperidine rings is 1. The summed E-state index contributed by atoms with van der Waals surface area (Å²) >= 11 is 0. The number of nitrogens with zero attached hydrogens (tertiary/aromatic N) is 1. The second-order valence-electron chi connectivity index (χ2n) is 7.93. The number of aromatic nitrogens is 1. The normalized spacial score (nSPS) is 19.9. The van der Waals surface area contributed by atoms with Crippen LogP contribution >= 0.6 is 0 Å². The molecule has 1 aliphatic heterocycles. The van der Waals surface area contributed by atoms with Crippen LogP contribution in [0.5, 0.6) is 0 Å². The Labute approximate surface area is 166 Å². The maximum Gasteiger partial charge on any atom is 0.418 e. The van der Waals surface area contributed by atoms with Gasteiger partial charge in [-0.1, -0.05) is 0 Å². The second-order valence-corrected chi connectivity index (χ2v) is 7.93. The first-order chi connectivity index (χ1) is 13.7. The van der Waals surface area contributed by atoms with Gasteiger partial charge in [0.1, 0.15) is 5.69 Å². The topological polar surface area (TPSA) is 71.1 Å². The summed E-state index contributed by atoms with van der Waals surface area (Å²) in [5.74, 6) is -0.431. The minimum absolute atomic E-state index is 0.0539. The van der Waals surface area contributed by atoms with Gasteiger partial charge in [-0.2, -0.15) is 13.2 Å². The smallest absolute Gasteiger partial charge is 0.352 e. The summed E-state index contributed by atoms with van der Waals surface area (Å²) < 4.78 is 41.1. The molecule has 5 nitrogen and oxygen atoms in total. The number of carbonyl (C=O) groups excluding carboxylic acids is 2. The Kier molecular flexibility index (Phi) is 4.96. The number of carbonyl (C=O) groups is 2. The predicted octanol–water partition coefficient (Wildman–Crippen LogP) is 3.84. The van der Waals surface area contributed by atoms with Crippen molar-refractivity contribution in [2.24, 2.45) is 0 Å². The van der Waals surface area contributed by atoms with E-state index in [1.165, 1.54) is 12.1 Å². The number of benzene rings is 1. The highest BCUT2D eigenvalue weighted by Crippen LogP contribution is 2.44. The maximum atomic E-state index is 13.7. The monoisotopic (exact) mass is 405 g/mol. The van der Waals surface area contributed by atoms with Gasteiger partial charge in [0.05, 0.1) is 11.1 Å². The quantitative estimate of drug-likeness (QED) is 0.812. The van der Waals surface area contributed by atoms with Crippen molar-refractivity contribution >= 4 is 22.7 Å². The van der Waals surface area contributed by atoms with Gasteiger partial charge in [-0.05, 0) is 67.9 Å². The highest BCUT2D eigenvalue weighted by atomic mass is 19.4. The lowest BCUT2D eigenvalue weighted by molar-refractivity contribution is -0.136. The number of fused-ring (bicyclic) bond motifs is 1. The van der Waals surface area contributed by atoms with E-state index >= 15 is 0 Å². The molecule has 2 aromatic rings. The summed E-state index contributed by atoms with van der Waals surface area (Å²) in [5, 5.41) is 5.90. The number of amides is 2. The van der Waals surface area contributed by atoms with E-state index in [9.17, 15) is 22.8 Å². The third kappa shape index (κ3) is 4.21. The van der Waals surface area contributed by atoms with Crippen LogP contribution in [0.4, 0.5) is 13.2 Å². The second kappa shape index (κ2) is 7.31. The number of aryl methyl sites for hydroxylation is 1. The predicted molar refractivity (Wildman–Crippen MR) is 102 cm³/mol. The molecule has 2 heterocycles. The van der Waals surface area contributed by atoms with Crippen LogP contribution in [0.3, 0.4) is 0 Å². The number of alkyl halides is 3. The molecule has 2 amide bonds. The van der Waals surface area contributed by atoms with Gasteiger partial charge in [0.25, 0.3) is 5.91 Å². The summed E-state index contributed by atoms with van der Waals surface area (Å²) in [4.78, 5) is 28.1. The van der Waals surface area contributed by atoms with Crippen LogP contribution in [0.1, 0.15) is 65.2 Å². The van der Waals surface area contributed by atoms with Crippen LogP contribution in [-0.4, -0.2) is 29.4 Å². The summed E-state index contributed by atoms with van der Waals surface area (Å²) in [7, 11) is 0. The lowest BCUT2D eigenvalue weighted by atomic mass is 9.98. The van der Waals surface area contributed by atoms with Gasteiger partial charge in [0.2, 0.25) is 5.91 Å². The molecule has 4 rings (SSSR count). The van der Waals surface area contributed by atoms with Crippen molar-refractivity contribution in [3.63, 3.8) is 0 Å². The van der Waals surface area contributed by atoms with Gasteiger partial charge in [0.15, 0.2) is 0 Å². The van der Waals surface area contributed by atoms with Gasteiger partial charge in [-0.3, -0.25) is 9.59 Å². The number of halogens is 3.